The number of hydrogen-bond donors (Lipinski definition) is 1. The summed E-state index contributed by atoms with van der Waals surface area (Å²) in [6, 6.07) is 11.2. The molecule has 1 aliphatic heterocycles. The van der Waals surface area contributed by atoms with E-state index in [1.807, 2.05) is 57.2 Å². The van der Waals surface area contributed by atoms with E-state index in [2.05, 4.69) is 13.8 Å². The van der Waals surface area contributed by atoms with Crippen LogP contribution in [0.15, 0.2) is 36.4 Å². The second kappa shape index (κ2) is 7.66. The summed E-state index contributed by atoms with van der Waals surface area (Å²) in [5, 5.41) is 9.79. The first-order valence-electron chi connectivity index (χ1n) is 9.79. The largest absolute Gasteiger partial charge is 0.465 e. The van der Waals surface area contributed by atoms with Gasteiger partial charge >= 0.3 is 6.09 Å². The van der Waals surface area contributed by atoms with Gasteiger partial charge in [-0.2, -0.15) is 0 Å². The molecule has 1 heterocycles. The first kappa shape index (κ1) is 19.9. The lowest BCUT2D eigenvalue weighted by atomic mass is 9.98. The van der Waals surface area contributed by atoms with Gasteiger partial charge in [-0.3, -0.25) is 9.69 Å². The minimum atomic E-state index is -0.982. The molecular formula is C23H28N2O3. The van der Waals surface area contributed by atoms with Crippen molar-refractivity contribution in [2.45, 2.75) is 53.0 Å². The van der Waals surface area contributed by atoms with Gasteiger partial charge in [0.15, 0.2) is 0 Å². The molecule has 0 saturated carbocycles. The van der Waals surface area contributed by atoms with Gasteiger partial charge in [-0.25, -0.2) is 4.79 Å². The second-order valence-electron chi connectivity index (χ2n) is 7.83. The quantitative estimate of drug-likeness (QED) is 0.781. The number of carbonyl (C=O) groups is 2. The van der Waals surface area contributed by atoms with Crippen LogP contribution in [0.25, 0.3) is 0 Å². The van der Waals surface area contributed by atoms with Gasteiger partial charge in [0.05, 0.1) is 17.4 Å². The third-order valence-corrected chi connectivity index (χ3v) is 5.65. The topological polar surface area (TPSA) is 60.9 Å². The van der Waals surface area contributed by atoms with Crippen LogP contribution in [0.3, 0.4) is 0 Å². The molecule has 0 aliphatic carbocycles. The zero-order valence-electron chi connectivity index (χ0n) is 17.2. The SMILES string of the molecule is CCC1CN(C(=O)c2ccc(C(C)C)cc2)c2cc(C)c(C)cc2N1C(=O)O. The van der Waals surface area contributed by atoms with E-state index in [0.29, 0.717) is 35.8 Å². The highest BCUT2D eigenvalue weighted by Gasteiger charge is 2.36. The van der Waals surface area contributed by atoms with Crippen molar-refractivity contribution >= 4 is 23.4 Å². The Morgan fingerprint density at radius 1 is 1.07 bits per heavy atom. The van der Waals surface area contributed by atoms with E-state index in [-0.39, 0.29) is 11.9 Å². The third kappa shape index (κ3) is 3.49. The standard InChI is InChI=1S/C23H28N2O3/c1-6-19-13-24(22(26)18-9-7-17(8-10-18)14(2)3)20-11-15(4)16(5)12-21(20)25(19)23(27)28/h7-12,14,19H,6,13H2,1-5H3,(H,27,28). The fourth-order valence-electron chi connectivity index (χ4n) is 3.71. The first-order chi connectivity index (χ1) is 13.2. The molecule has 0 spiro atoms. The fraction of sp³-hybridized carbons (Fsp3) is 0.391. The number of rotatable bonds is 3. The normalized spacial score (nSPS) is 16.3. The molecule has 1 unspecified atom stereocenters. The maximum Gasteiger partial charge on any atom is 0.412 e. The molecule has 5 nitrogen and oxygen atoms in total. The van der Waals surface area contributed by atoms with E-state index in [1.165, 1.54) is 10.5 Å². The highest BCUT2D eigenvalue weighted by atomic mass is 16.4. The van der Waals surface area contributed by atoms with Crippen molar-refractivity contribution in [3.8, 4) is 0 Å². The first-order valence-corrected chi connectivity index (χ1v) is 9.79. The van der Waals surface area contributed by atoms with Crippen LogP contribution in [0.1, 0.15) is 60.2 Å². The molecule has 28 heavy (non-hydrogen) atoms. The van der Waals surface area contributed by atoms with E-state index in [4.69, 9.17) is 0 Å². The lowest BCUT2D eigenvalue weighted by molar-refractivity contribution is 0.0982. The summed E-state index contributed by atoms with van der Waals surface area (Å²) in [6.45, 7) is 10.5. The number of carbonyl (C=O) groups excluding carboxylic acids is 1. The van der Waals surface area contributed by atoms with E-state index < -0.39 is 6.09 Å². The van der Waals surface area contributed by atoms with Crippen molar-refractivity contribution in [2.24, 2.45) is 0 Å². The summed E-state index contributed by atoms with van der Waals surface area (Å²) >= 11 is 0. The lowest BCUT2D eigenvalue weighted by Crippen LogP contribution is -2.52. The van der Waals surface area contributed by atoms with Gasteiger partial charge in [0.2, 0.25) is 0 Å². The third-order valence-electron chi connectivity index (χ3n) is 5.65. The van der Waals surface area contributed by atoms with Crippen molar-refractivity contribution in [2.75, 3.05) is 16.3 Å². The molecule has 0 fully saturated rings. The van der Waals surface area contributed by atoms with Gasteiger partial charge < -0.3 is 10.0 Å². The molecule has 0 bridgehead atoms. The number of benzene rings is 2. The highest BCUT2D eigenvalue weighted by Crippen LogP contribution is 2.39. The van der Waals surface area contributed by atoms with Crippen molar-refractivity contribution in [3.05, 3.63) is 58.7 Å². The Morgan fingerprint density at radius 3 is 2.14 bits per heavy atom. The molecular weight excluding hydrogens is 352 g/mol. The predicted molar refractivity (Wildman–Crippen MR) is 113 cm³/mol. The number of amides is 2. The Labute approximate surface area is 166 Å². The number of nitrogens with zero attached hydrogens (tertiary/aromatic N) is 2. The molecule has 0 saturated heterocycles. The van der Waals surface area contributed by atoms with Crippen molar-refractivity contribution in [3.63, 3.8) is 0 Å². The molecule has 3 rings (SSSR count). The van der Waals surface area contributed by atoms with E-state index in [1.54, 1.807) is 4.90 Å². The van der Waals surface area contributed by atoms with Crippen LogP contribution in [0.4, 0.5) is 16.2 Å². The Kier molecular flexibility index (Phi) is 5.45. The Hall–Kier alpha value is -2.82. The molecule has 1 N–H and O–H groups in total. The molecule has 2 aromatic carbocycles. The van der Waals surface area contributed by atoms with Crippen LogP contribution < -0.4 is 9.80 Å². The number of aryl methyl sites for hydroxylation is 2. The number of hydrogen-bond acceptors (Lipinski definition) is 2. The minimum absolute atomic E-state index is 0.0942. The fourth-order valence-corrected chi connectivity index (χ4v) is 3.71. The molecule has 148 valence electrons. The van der Waals surface area contributed by atoms with Crippen molar-refractivity contribution in [1.29, 1.82) is 0 Å². The molecule has 1 aliphatic rings. The van der Waals surface area contributed by atoms with E-state index in [9.17, 15) is 14.7 Å². The highest BCUT2D eigenvalue weighted by molar-refractivity contribution is 6.10. The van der Waals surface area contributed by atoms with Gasteiger partial charge in [0.1, 0.15) is 0 Å². The molecule has 0 radical (unpaired) electrons. The van der Waals surface area contributed by atoms with E-state index in [0.717, 1.165) is 11.1 Å². The van der Waals surface area contributed by atoms with Crippen molar-refractivity contribution < 1.29 is 14.7 Å². The molecule has 0 aromatic heterocycles. The van der Waals surface area contributed by atoms with Gasteiger partial charge in [-0.1, -0.05) is 32.9 Å². The zero-order valence-corrected chi connectivity index (χ0v) is 17.2. The Bertz CT molecular complexity index is 903. The Balaban J connectivity index is 2.08. The number of fused-ring (bicyclic) bond motifs is 1. The maximum atomic E-state index is 13.3. The molecule has 1 atom stereocenters. The summed E-state index contributed by atoms with van der Waals surface area (Å²) in [6.07, 6.45) is -0.348. The van der Waals surface area contributed by atoms with Crippen LogP contribution in [0, 0.1) is 13.8 Å². The summed E-state index contributed by atoms with van der Waals surface area (Å²) in [5.74, 6) is 0.308. The average Bonchev–Trinajstić information content (AvgIpc) is 2.67. The van der Waals surface area contributed by atoms with Crippen LogP contribution in [0.5, 0.6) is 0 Å². The van der Waals surface area contributed by atoms with Gasteiger partial charge in [0, 0.05) is 12.1 Å². The summed E-state index contributed by atoms with van der Waals surface area (Å²) < 4.78 is 0. The van der Waals surface area contributed by atoms with Crippen LogP contribution in [0.2, 0.25) is 0 Å². The molecule has 5 heteroatoms. The van der Waals surface area contributed by atoms with Gasteiger partial charge in [-0.05, 0) is 67.1 Å². The zero-order chi connectivity index (χ0) is 20.6. The predicted octanol–water partition coefficient (Wildman–Crippen LogP) is 5.35. The van der Waals surface area contributed by atoms with Crippen LogP contribution in [-0.2, 0) is 0 Å². The van der Waals surface area contributed by atoms with E-state index >= 15 is 0 Å². The number of carboxylic acid groups (broad SMARTS) is 1. The smallest absolute Gasteiger partial charge is 0.412 e. The summed E-state index contributed by atoms with van der Waals surface area (Å²) in [4.78, 5) is 28.4. The minimum Gasteiger partial charge on any atom is -0.465 e. The average molecular weight is 380 g/mol. The summed E-state index contributed by atoms with van der Waals surface area (Å²) in [5.41, 5.74) is 5.09. The maximum absolute atomic E-state index is 13.3. The molecule has 2 amide bonds. The monoisotopic (exact) mass is 380 g/mol. The Morgan fingerprint density at radius 2 is 1.64 bits per heavy atom. The number of anilines is 2. The molecule has 2 aromatic rings. The lowest BCUT2D eigenvalue weighted by Gasteiger charge is -2.41. The summed E-state index contributed by atoms with van der Waals surface area (Å²) in [7, 11) is 0. The van der Waals surface area contributed by atoms with Gasteiger partial charge in [0.25, 0.3) is 5.91 Å². The van der Waals surface area contributed by atoms with Gasteiger partial charge in [-0.15, -0.1) is 0 Å². The second-order valence-corrected chi connectivity index (χ2v) is 7.83. The van der Waals surface area contributed by atoms with Crippen LogP contribution >= 0.6 is 0 Å². The van der Waals surface area contributed by atoms with Crippen LogP contribution in [-0.4, -0.2) is 29.7 Å². The van der Waals surface area contributed by atoms with Crippen molar-refractivity contribution in [1.82, 2.24) is 0 Å².